The van der Waals surface area contributed by atoms with Gasteiger partial charge in [0.1, 0.15) is 36.3 Å². The zero-order chi connectivity index (χ0) is 24.9. The van der Waals surface area contributed by atoms with Crippen LogP contribution in [0.5, 0.6) is 17.2 Å². The topological polar surface area (TPSA) is 84.2 Å². The summed E-state index contributed by atoms with van der Waals surface area (Å²) in [6, 6.07) is 24.5. The van der Waals surface area contributed by atoms with Gasteiger partial charge in [-0.25, -0.2) is 0 Å². The molecular formula is C28H23N3O4S. The Morgan fingerprint density at radius 1 is 0.889 bits per heavy atom. The second-order valence-electron chi connectivity index (χ2n) is 7.87. The third-order valence-corrected chi connectivity index (χ3v) is 6.38. The number of rotatable bonds is 8. The van der Waals surface area contributed by atoms with Crippen LogP contribution in [0.4, 0.5) is 0 Å². The van der Waals surface area contributed by atoms with E-state index in [0.29, 0.717) is 24.1 Å². The van der Waals surface area contributed by atoms with Crippen LogP contribution in [0.25, 0.3) is 11.8 Å². The van der Waals surface area contributed by atoms with Crippen molar-refractivity contribution in [2.24, 2.45) is 4.99 Å². The van der Waals surface area contributed by atoms with Crippen LogP contribution >= 0.6 is 11.8 Å². The molecule has 0 aromatic heterocycles. The fourth-order valence-electron chi connectivity index (χ4n) is 3.73. The van der Waals surface area contributed by atoms with E-state index in [-0.39, 0.29) is 11.4 Å². The van der Waals surface area contributed by atoms with Gasteiger partial charge in [-0.15, -0.1) is 0 Å². The number of benzene rings is 3. The molecule has 36 heavy (non-hydrogen) atoms. The van der Waals surface area contributed by atoms with E-state index in [9.17, 15) is 4.79 Å². The number of amidine groups is 2. The van der Waals surface area contributed by atoms with E-state index in [1.165, 1.54) is 11.8 Å². The summed E-state index contributed by atoms with van der Waals surface area (Å²) in [5.41, 5.74) is 2.82. The summed E-state index contributed by atoms with van der Waals surface area (Å²) in [4.78, 5) is 18.6. The van der Waals surface area contributed by atoms with Crippen molar-refractivity contribution in [3.63, 3.8) is 0 Å². The van der Waals surface area contributed by atoms with E-state index in [1.807, 2.05) is 84.3 Å². The molecule has 0 bridgehead atoms. The summed E-state index contributed by atoms with van der Waals surface area (Å²) in [7, 11) is 1.62. The van der Waals surface area contributed by atoms with Crippen LogP contribution in [0.15, 0.2) is 94.8 Å². The zero-order valence-electron chi connectivity index (χ0n) is 19.5. The molecule has 0 atom stereocenters. The first-order valence-electron chi connectivity index (χ1n) is 11.3. The molecule has 5 rings (SSSR count). The Labute approximate surface area is 213 Å². The normalized spacial score (nSPS) is 15.9. The van der Waals surface area contributed by atoms with Crippen molar-refractivity contribution in [1.82, 2.24) is 4.90 Å². The number of hydrogen-bond acceptors (Lipinski definition) is 6. The lowest BCUT2D eigenvalue weighted by molar-refractivity contribution is -0.114. The molecule has 2 aliphatic heterocycles. The Morgan fingerprint density at radius 3 is 2.14 bits per heavy atom. The highest BCUT2D eigenvalue weighted by Gasteiger charge is 2.36. The molecule has 2 heterocycles. The SMILES string of the molecule is COc1ccc(OCCOc2ccc(C=C3C(=N)N4C(c5ccccc5)=CSC4=NC3=O)cc2)cc1. The van der Waals surface area contributed by atoms with E-state index in [4.69, 9.17) is 19.6 Å². The summed E-state index contributed by atoms with van der Waals surface area (Å²) >= 11 is 1.35. The van der Waals surface area contributed by atoms with E-state index in [1.54, 1.807) is 18.1 Å². The third kappa shape index (κ3) is 5.04. The second kappa shape index (κ2) is 10.5. The van der Waals surface area contributed by atoms with E-state index in [0.717, 1.165) is 28.3 Å². The molecule has 0 saturated carbocycles. The molecule has 0 aliphatic carbocycles. The highest BCUT2D eigenvalue weighted by Crippen LogP contribution is 2.37. The van der Waals surface area contributed by atoms with E-state index < -0.39 is 5.91 Å². The fraction of sp³-hybridized carbons (Fsp3) is 0.107. The predicted octanol–water partition coefficient (Wildman–Crippen LogP) is 5.46. The standard InChI is InChI=1S/C28H23N3O4S/c1-33-21-11-13-23(14-12-21)35-16-15-34-22-9-7-19(8-10-22)17-24-26(29)31-25(20-5-3-2-4-6-20)18-36-28(31)30-27(24)32/h2-14,17-18,29H,15-16H2,1H3. The van der Waals surface area contributed by atoms with Crippen molar-refractivity contribution >= 4 is 40.4 Å². The van der Waals surface area contributed by atoms with Gasteiger partial charge in [0.05, 0.1) is 18.4 Å². The maximum Gasteiger partial charge on any atom is 0.283 e. The smallest absolute Gasteiger partial charge is 0.283 e. The fourth-order valence-corrected chi connectivity index (χ4v) is 4.62. The first-order valence-corrected chi connectivity index (χ1v) is 12.2. The van der Waals surface area contributed by atoms with Gasteiger partial charge in [-0.3, -0.25) is 15.1 Å². The lowest BCUT2D eigenvalue weighted by Gasteiger charge is -2.26. The summed E-state index contributed by atoms with van der Waals surface area (Å²) in [6.45, 7) is 0.781. The molecular weight excluding hydrogens is 474 g/mol. The number of amides is 1. The summed E-state index contributed by atoms with van der Waals surface area (Å²) in [5, 5.41) is 11.2. The van der Waals surface area contributed by atoms with Crippen LogP contribution in [0.3, 0.4) is 0 Å². The average molecular weight is 498 g/mol. The minimum absolute atomic E-state index is 0.112. The van der Waals surface area contributed by atoms with Crippen LogP contribution in [0.2, 0.25) is 0 Å². The van der Waals surface area contributed by atoms with Gasteiger partial charge in [-0.05, 0) is 53.6 Å². The van der Waals surface area contributed by atoms with E-state index >= 15 is 0 Å². The Morgan fingerprint density at radius 2 is 1.50 bits per heavy atom. The number of carbonyl (C=O) groups is 1. The van der Waals surface area contributed by atoms with E-state index in [2.05, 4.69) is 4.99 Å². The maximum atomic E-state index is 12.7. The molecule has 0 unspecified atom stereocenters. The largest absolute Gasteiger partial charge is 0.497 e. The zero-order valence-corrected chi connectivity index (χ0v) is 20.3. The number of ether oxygens (including phenoxy) is 3. The molecule has 8 heteroatoms. The number of carbonyl (C=O) groups excluding carboxylic acids is 1. The van der Waals surface area contributed by atoms with Crippen molar-refractivity contribution in [2.45, 2.75) is 0 Å². The monoisotopic (exact) mass is 497 g/mol. The molecule has 1 N–H and O–H groups in total. The molecule has 2 aliphatic rings. The number of fused-ring (bicyclic) bond motifs is 1. The quantitative estimate of drug-likeness (QED) is 0.329. The Hall–Kier alpha value is -4.30. The van der Waals surface area contributed by atoms with Crippen LogP contribution in [0.1, 0.15) is 11.1 Å². The molecule has 0 radical (unpaired) electrons. The molecule has 0 fully saturated rings. The Balaban J connectivity index is 1.22. The van der Waals surface area contributed by atoms with Crippen molar-refractivity contribution in [3.05, 3.63) is 101 Å². The lowest BCUT2D eigenvalue weighted by Crippen LogP contribution is -2.38. The van der Waals surface area contributed by atoms with Gasteiger partial charge in [-0.2, -0.15) is 4.99 Å². The molecule has 0 saturated heterocycles. The maximum absolute atomic E-state index is 12.7. The summed E-state index contributed by atoms with van der Waals surface area (Å²) in [6.07, 6.45) is 1.69. The average Bonchev–Trinajstić information content (AvgIpc) is 3.34. The van der Waals surface area contributed by atoms with Crippen LogP contribution in [-0.2, 0) is 4.79 Å². The highest BCUT2D eigenvalue weighted by molar-refractivity contribution is 8.17. The van der Waals surface area contributed by atoms with Crippen LogP contribution in [0, 0.1) is 5.41 Å². The number of hydrogen-bond donors (Lipinski definition) is 1. The summed E-state index contributed by atoms with van der Waals surface area (Å²) < 4.78 is 16.6. The van der Waals surface area contributed by atoms with Gasteiger partial charge in [0, 0.05) is 5.41 Å². The first-order chi connectivity index (χ1) is 17.6. The van der Waals surface area contributed by atoms with Gasteiger partial charge >= 0.3 is 0 Å². The van der Waals surface area contributed by atoms with Gasteiger partial charge in [0.2, 0.25) is 0 Å². The molecule has 3 aromatic rings. The Kier molecular flexibility index (Phi) is 6.86. The van der Waals surface area contributed by atoms with Gasteiger partial charge in [-0.1, -0.05) is 54.2 Å². The van der Waals surface area contributed by atoms with Crippen molar-refractivity contribution in [3.8, 4) is 17.2 Å². The Bertz CT molecular complexity index is 1360. The third-order valence-electron chi connectivity index (χ3n) is 5.56. The molecule has 3 aromatic carbocycles. The molecule has 1 amide bonds. The number of aliphatic imine (C=N–C) groups is 1. The van der Waals surface area contributed by atoms with Gasteiger partial charge in [0.15, 0.2) is 5.17 Å². The first kappa shape index (κ1) is 23.4. The minimum Gasteiger partial charge on any atom is -0.497 e. The lowest BCUT2D eigenvalue weighted by atomic mass is 10.1. The molecule has 0 spiro atoms. The number of nitrogens with zero attached hydrogens (tertiary/aromatic N) is 2. The summed E-state index contributed by atoms with van der Waals surface area (Å²) in [5.74, 6) is 1.90. The van der Waals surface area contributed by atoms with Gasteiger partial charge in [0.25, 0.3) is 5.91 Å². The number of methoxy groups -OCH3 is 1. The minimum atomic E-state index is -0.419. The van der Waals surface area contributed by atoms with Crippen molar-refractivity contribution in [1.29, 1.82) is 5.41 Å². The molecule has 180 valence electrons. The second-order valence-corrected chi connectivity index (χ2v) is 8.71. The number of nitrogens with one attached hydrogen (secondary N) is 1. The highest BCUT2D eigenvalue weighted by atomic mass is 32.2. The molecule has 7 nitrogen and oxygen atoms in total. The van der Waals surface area contributed by atoms with Crippen LogP contribution < -0.4 is 14.2 Å². The van der Waals surface area contributed by atoms with Crippen molar-refractivity contribution in [2.75, 3.05) is 20.3 Å². The van der Waals surface area contributed by atoms with Crippen LogP contribution in [-0.4, -0.2) is 42.1 Å². The number of thioether (sulfide) groups is 1. The predicted molar refractivity (Wildman–Crippen MR) is 142 cm³/mol. The van der Waals surface area contributed by atoms with Gasteiger partial charge < -0.3 is 14.2 Å². The van der Waals surface area contributed by atoms with Crippen molar-refractivity contribution < 1.29 is 19.0 Å².